The van der Waals surface area contributed by atoms with Crippen molar-refractivity contribution < 1.29 is 22.4 Å². The van der Waals surface area contributed by atoms with Crippen molar-refractivity contribution in [1.29, 1.82) is 0 Å². The molecule has 0 bridgehead atoms. The molecule has 26 heavy (non-hydrogen) atoms. The Kier molecular flexibility index (Phi) is 4.59. The molecule has 0 atom stereocenters. The van der Waals surface area contributed by atoms with Crippen LogP contribution in [0.2, 0.25) is 0 Å². The number of alkyl halides is 3. The number of rotatable bonds is 3. The summed E-state index contributed by atoms with van der Waals surface area (Å²) in [5.41, 5.74) is 1.56. The molecule has 3 nitrogen and oxygen atoms in total. The number of hydrogen-bond donors (Lipinski definition) is 1. The Morgan fingerprint density at radius 3 is 2.46 bits per heavy atom. The van der Waals surface area contributed by atoms with E-state index in [1.165, 1.54) is 30.3 Å². The second-order valence-electron chi connectivity index (χ2n) is 5.98. The van der Waals surface area contributed by atoms with E-state index in [9.17, 15) is 18.0 Å². The van der Waals surface area contributed by atoms with Crippen LogP contribution in [0.5, 0.6) is 0 Å². The highest BCUT2D eigenvalue weighted by Crippen LogP contribution is 2.37. The SMILES string of the molecule is Cc1ccc(C)c(NC(=O)c2ccc(-c3ccccc3C(F)(F)F)o2)c1. The maximum absolute atomic E-state index is 13.1. The number of carbonyl (C=O) groups excluding carboxylic acids is 1. The van der Waals surface area contributed by atoms with Gasteiger partial charge in [-0.2, -0.15) is 13.2 Å². The van der Waals surface area contributed by atoms with E-state index >= 15 is 0 Å². The summed E-state index contributed by atoms with van der Waals surface area (Å²) in [7, 11) is 0. The third-order valence-corrected chi connectivity index (χ3v) is 3.97. The van der Waals surface area contributed by atoms with Crippen molar-refractivity contribution in [2.24, 2.45) is 0 Å². The van der Waals surface area contributed by atoms with Crippen molar-refractivity contribution in [3.05, 3.63) is 77.0 Å². The lowest BCUT2D eigenvalue weighted by Gasteiger charge is -2.11. The van der Waals surface area contributed by atoms with Gasteiger partial charge in [0.1, 0.15) is 5.76 Å². The zero-order valence-corrected chi connectivity index (χ0v) is 14.1. The van der Waals surface area contributed by atoms with Crippen molar-refractivity contribution in [2.45, 2.75) is 20.0 Å². The summed E-state index contributed by atoms with van der Waals surface area (Å²) in [5.74, 6) is -0.587. The minimum Gasteiger partial charge on any atom is -0.451 e. The van der Waals surface area contributed by atoms with E-state index in [2.05, 4.69) is 5.32 Å². The number of halogens is 3. The minimum atomic E-state index is -4.51. The van der Waals surface area contributed by atoms with E-state index in [1.807, 2.05) is 32.0 Å². The van der Waals surface area contributed by atoms with Crippen molar-refractivity contribution in [1.82, 2.24) is 0 Å². The number of furan rings is 1. The quantitative estimate of drug-likeness (QED) is 0.639. The standard InChI is InChI=1S/C20H16F3NO2/c1-12-7-8-13(2)16(11-12)24-19(25)18-10-9-17(26-18)14-5-3-4-6-15(14)20(21,22)23/h3-11H,1-2H3,(H,24,25). The Morgan fingerprint density at radius 1 is 1.00 bits per heavy atom. The Morgan fingerprint density at radius 2 is 1.73 bits per heavy atom. The van der Waals surface area contributed by atoms with E-state index in [-0.39, 0.29) is 17.1 Å². The number of amides is 1. The molecule has 0 fully saturated rings. The average molecular weight is 359 g/mol. The first kappa shape index (κ1) is 17.8. The lowest BCUT2D eigenvalue weighted by atomic mass is 10.1. The highest BCUT2D eigenvalue weighted by Gasteiger charge is 2.34. The van der Waals surface area contributed by atoms with Gasteiger partial charge in [-0.25, -0.2) is 0 Å². The summed E-state index contributed by atoms with van der Waals surface area (Å²) in [6.45, 7) is 3.75. The van der Waals surface area contributed by atoms with Gasteiger partial charge < -0.3 is 9.73 Å². The fourth-order valence-electron chi connectivity index (χ4n) is 2.60. The van der Waals surface area contributed by atoms with Crippen LogP contribution >= 0.6 is 0 Å². The summed E-state index contributed by atoms with van der Waals surface area (Å²) in [4.78, 5) is 12.4. The Hall–Kier alpha value is -3.02. The lowest BCUT2D eigenvalue weighted by molar-refractivity contribution is -0.137. The van der Waals surface area contributed by atoms with E-state index in [0.29, 0.717) is 5.69 Å². The van der Waals surface area contributed by atoms with Crippen molar-refractivity contribution in [2.75, 3.05) is 5.32 Å². The molecule has 0 radical (unpaired) electrons. The smallest absolute Gasteiger partial charge is 0.417 e. The number of carbonyl (C=O) groups is 1. The molecule has 3 rings (SSSR count). The maximum atomic E-state index is 13.1. The highest BCUT2D eigenvalue weighted by atomic mass is 19.4. The van der Waals surface area contributed by atoms with E-state index < -0.39 is 17.6 Å². The van der Waals surface area contributed by atoms with Crippen molar-refractivity contribution in [3.8, 4) is 11.3 Å². The number of hydrogen-bond acceptors (Lipinski definition) is 2. The van der Waals surface area contributed by atoms with Gasteiger partial charge in [-0.1, -0.05) is 30.3 Å². The van der Waals surface area contributed by atoms with Crippen molar-refractivity contribution in [3.63, 3.8) is 0 Å². The Balaban J connectivity index is 1.89. The first-order valence-corrected chi connectivity index (χ1v) is 7.91. The van der Waals surface area contributed by atoms with Gasteiger partial charge in [0.15, 0.2) is 5.76 Å². The van der Waals surface area contributed by atoms with Crippen LogP contribution in [0.15, 0.2) is 59.0 Å². The summed E-state index contributed by atoms with van der Waals surface area (Å²) in [6.07, 6.45) is -4.51. The maximum Gasteiger partial charge on any atom is 0.417 e. The first-order valence-electron chi connectivity index (χ1n) is 7.91. The van der Waals surface area contributed by atoms with Crippen LogP contribution in [0.4, 0.5) is 18.9 Å². The number of nitrogens with one attached hydrogen (secondary N) is 1. The van der Waals surface area contributed by atoms with Crippen LogP contribution in [0, 0.1) is 13.8 Å². The molecular formula is C20H16F3NO2. The molecule has 1 aromatic heterocycles. The number of anilines is 1. The van der Waals surface area contributed by atoms with Gasteiger partial charge >= 0.3 is 6.18 Å². The van der Waals surface area contributed by atoms with Crippen LogP contribution < -0.4 is 5.32 Å². The molecule has 0 aliphatic heterocycles. The third-order valence-electron chi connectivity index (χ3n) is 3.97. The van der Waals surface area contributed by atoms with Gasteiger partial charge in [-0.05, 0) is 49.2 Å². The van der Waals surface area contributed by atoms with E-state index in [0.717, 1.165) is 17.2 Å². The zero-order valence-electron chi connectivity index (χ0n) is 14.1. The summed E-state index contributed by atoms with van der Waals surface area (Å²) in [5, 5.41) is 2.72. The monoisotopic (exact) mass is 359 g/mol. The van der Waals surface area contributed by atoms with Gasteiger partial charge in [0.05, 0.1) is 5.56 Å². The first-order chi connectivity index (χ1) is 12.3. The summed E-state index contributed by atoms with van der Waals surface area (Å²) < 4.78 is 44.8. The molecule has 6 heteroatoms. The largest absolute Gasteiger partial charge is 0.451 e. The second-order valence-corrected chi connectivity index (χ2v) is 5.98. The molecular weight excluding hydrogens is 343 g/mol. The van der Waals surface area contributed by atoms with Crippen LogP contribution in [0.1, 0.15) is 27.2 Å². The highest BCUT2D eigenvalue weighted by molar-refractivity contribution is 6.03. The molecule has 0 saturated carbocycles. The molecule has 0 unspecified atom stereocenters. The summed E-state index contributed by atoms with van der Waals surface area (Å²) >= 11 is 0. The number of benzene rings is 2. The predicted octanol–water partition coefficient (Wildman–Crippen LogP) is 5.83. The molecule has 2 aromatic carbocycles. The lowest BCUT2D eigenvalue weighted by Crippen LogP contribution is -2.12. The van der Waals surface area contributed by atoms with Crippen molar-refractivity contribution >= 4 is 11.6 Å². The Bertz CT molecular complexity index is 958. The van der Waals surface area contributed by atoms with E-state index in [4.69, 9.17) is 4.42 Å². The summed E-state index contributed by atoms with van der Waals surface area (Å²) in [6, 6.07) is 13.4. The molecule has 0 saturated heterocycles. The second kappa shape index (κ2) is 6.71. The predicted molar refractivity (Wildman–Crippen MR) is 93.0 cm³/mol. The van der Waals surface area contributed by atoms with Crippen LogP contribution in [-0.4, -0.2) is 5.91 Å². The number of aryl methyl sites for hydroxylation is 2. The average Bonchev–Trinajstić information content (AvgIpc) is 3.07. The van der Waals surface area contributed by atoms with Gasteiger partial charge in [0.25, 0.3) is 5.91 Å². The van der Waals surface area contributed by atoms with Gasteiger partial charge in [-0.15, -0.1) is 0 Å². The normalized spacial score (nSPS) is 11.4. The topological polar surface area (TPSA) is 42.2 Å². The van der Waals surface area contributed by atoms with E-state index in [1.54, 1.807) is 0 Å². The molecule has 134 valence electrons. The van der Waals surface area contributed by atoms with Gasteiger partial charge in [0.2, 0.25) is 0 Å². The van der Waals surface area contributed by atoms with Crippen LogP contribution in [-0.2, 0) is 6.18 Å². The van der Waals surface area contributed by atoms with Gasteiger partial charge in [0, 0.05) is 11.3 Å². The Labute approximate surface area is 148 Å². The van der Waals surface area contributed by atoms with Crippen LogP contribution in [0.3, 0.4) is 0 Å². The fourth-order valence-corrected chi connectivity index (χ4v) is 2.60. The molecule has 0 aliphatic carbocycles. The minimum absolute atomic E-state index is 0.0101. The molecule has 1 amide bonds. The molecule has 0 aliphatic rings. The molecule has 3 aromatic rings. The van der Waals surface area contributed by atoms with Crippen LogP contribution in [0.25, 0.3) is 11.3 Å². The fraction of sp³-hybridized carbons (Fsp3) is 0.150. The molecule has 0 spiro atoms. The molecule has 1 N–H and O–H groups in total. The molecule has 1 heterocycles. The van der Waals surface area contributed by atoms with Gasteiger partial charge in [-0.3, -0.25) is 4.79 Å². The zero-order chi connectivity index (χ0) is 18.9. The third kappa shape index (κ3) is 3.64.